The van der Waals surface area contributed by atoms with E-state index in [2.05, 4.69) is 59.2 Å². The van der Waals surface area contributed by atoms with Crippen LogP contribution in [0.25, 0.3) is 33.1 Å². The third kappa shape index (κ3) is 1.69. The number of benzene rings is 2. The van der Waals surface area contributed by atoms with Crippen molar-refractivity contribution in [2.45, 2.75) is 0 Å². The number of hydrogen-bond donors (Lipinski definition) is 1. The van der Waals surface area contributed by atoms with E-state index in [0.29, 0.717) is 4.84 Å². The van der Waals surface area contributed by atoms with E-state index in [-0.39, 0.29) is 0 Å². The summed E-state index contributed by atoms with van der Waals surface area (Å²) < 4.78 is 7.51. The lowest BCUT2D eigenvalue weighted by molar-refractivity contribution is 0.583. The highest BCUT2D eigenvalue weighted by Gasteiger charge is 2.05. The van der Waals surface area contributed by atoms with Gasteiger partial charge in [0.05, 0.1) is 5.52 Å². The Morgan fingerprint density at radius 1 is 1.05 bits per heavy atom. The minimum atomic E-state index is 0.413. The molecule has 0 bridgehead atoms. The normalized spacial score (nSPS) is 11.4. The number of aromatic nitrogens is 2. The van der Waals surface area contributed by atoms with Crippen molar-refractivity contribution in [3.8, 4) is 11.1 Å². The molecular formula is C16H12N2OS. The van der Waals surface area contributed by atoms with E-state index in [1.54, 1.807) is 0 Å². The van der Waals surface area contributed by atoms with Gasteiger partial charge in [-0.15, -0.1) is 0 Å². The smallest absolute Gasteiger partial charge is 0.266 e. The molecule has 0 aliphatic carbocycles. The summed E-state index contributed by atoms with van der Waals surface area (Å²) in [5, 5.41) is 1.24. The van der Waals surface area contributed by atoms with Gasteiger partial charge >= 0.3 is 0 Å². The van der Waals surface area contributed by atoms with Crippen LogP contribution >= 0.6 is 12.2 Å². The number of nitrogens with one attached hydrogen (secondary N) is 1. The number of nitrogens with zero attached hydrogens (tertiary/aromatic N) is 1. The van der Waals surface area contributed by atoms with Gasteiger partial charge in [-0.1, -0.05) is 12.1 Å². The molecule has 0 aliphatic heterocycles. The summed E-state index contributed by atoms with van der Waals surface area (Å²) in [5.74, 6) is 0. The van der Waals surface area contributed by atoms with Gasteiger partial charge in [0.2, 0.25) is 0 Å². The van der Waals surface area contributed by atoms with Crippen LogP contribution in [-0.2, 0) is 7.05 Å². The summed E-state index contributed by atoms with van der Waals surface area (Å²) in [6.07, 6.45) is 2.07. The Morgan fingerprint density at radius 3 is 2.75 bits per heavy atom. The van der Waals surface area contributed by atoms with Gasteiger partial charge in [-0.2, -0.15) is 0 Å². The first-order valence-corrected chi connectivity index (χ1v) is 6.80. The number of aryl methyl sites for hydroxylation is 1. The molecule has 3 nitrogen and oxygen atoms in total. The van der Waals surface area contributed by atoms with Crippen molar-refractivity contribution < 1.29 is 4.42 Å². The van der Waals surface area contributed by atoms with Crippen molar-refractivity contribution in [3.05, 3.63) is 53.5 Å². The lowest BCUT2D eigenvalue weighted by Crippen LogP contribution is -1.84. The van der Waals surface area contributed by atoms with E-state index in [4.69, 9.17) is 16.6 Å². The predicted molar refractivity (Wildman–Crippen MR) is 83.3 cm³/mol. The maximum Gasteiger partial charge on any atom is 0.266 e. The minimum absolute atomic E-state index is 0.413. The van der Waals surface area contributed by atoms with Crippen molar-refractivity contribution in [2.75, 3.05) is 0 Å². The topological polar surface area (TPSA) is 33.9 Å². The SMILES string of the molecule is Cn1ccc2cc(-c3ccc4oc(=S)[nH]c4c3)ccc21. The number of aromatic amines is 1. The number of oxazole rings is 1. The highest BCUT2D eigenvalue weighted by atomic mass is 32.1. The molecule has 0 saturated heterocycles. The maximum atomic E-state index is 5.39. The Balaban J connectivity index is 1.92. The highest BCUT2D eigenvalue weighted by Crippen LogP contribution is 2.27. The molecule has 0 spiro atoms. The van der Waals surface area contributed by atoms with Crippen LogP contribution in [0.3, 0.4) is 0 Å². The molecule has 2 heterocycles. The minimum Gasteiger partial charge on any atom is -0.429 e. The fraction of sp³-hybridized carbons (Fsp3) is 0.0625. The molecule has 4 heteroatoms. The number of fused-ring (bicyclic) bond motifs is 2. The molecule has 0 radical (unpaired) electrons. The molecule has 2 aromatic carbocycles. The third-order valence-electron chi connectivity index (χ3n) is 3.64. The van der Waals surface area contributed by atoms with Gasteiger partial charge in [0.15, 0.2) is 5.58 Å². The second-order valence-electron chi connectivity index (χ2n) is 4.93. The first-order valence-electron chi connectivity index (χ1n) is 6.39. The molecule has 0 fully saturated rings. The number of hydrogen-bond acceptors (Lipinski definition) is 2. The Bertz CT molecular complexity index is 990. The van der Waals surface area contributed by atoms with E-state index in [1.807, 2.05) is 6.07 Å². The Kier molecular flexibility index (Phi) is 2.35. The summed E-state index contributed by atoms with van der Waals surface area (Å²) in [5.41, 5.74) is 5.29. The van der Waals surface area contributed by atoms with E-state index in [9.17, 15) is 0 Å². The monoisotopic (exact) mass is 280 g/mol. The Morgan fingerprint density at radius 2 is 1.85 bits per heavy atom. The van der Waals surface area contributed by atoms with Crippen LogP contribution in [0.2, 0.25) is 0 Å². The van der Waals surface area contributed by atoms with Crippen LogP contribution in [-0.4, -0.2) is 9.55 Å². The van der Waals surface area contributed by atoms with Crippen LogP contribution < -0.4 is 0 Å². The second kappa shape index (κ2) is 4.08. The average Bonchev–Trinajstić information content (AvgIpc) is 3.00. The number of H-pyrrole nitrogens is 1. The molecule has 4 rings (SSSR count). The first kappa shape index (κ1) is 11.5. The van der Waals surface area contributed by atoms with Gasteiger partial charge in [-0.05, 0) is 53.7 Å². The van der Waals surface area contributed by atoms with Crippen molar-refractivity contribution in [1.29, 1.82) is 0 Å². The zero-order chi connectivity index (χ0) is 13.7. The fourth-order valence-electron chi connectivity index (χ4n) is 2.59. The van der Waals surface area contributed by atoms with Gasteiger partial charge < -0.3 is 14.0 Å². The molecule has 0 amide bonds. The molecule has 0 atom stereocenters. The van der Waals surface area contributed by atoms with Crippen molar-refractivity contribution >= 4 is 34.2 Å². The van der Waals surface area contributed by atoms with Crippen LogP contribution in [0.4, 0.5) is 0 Å². The molecule has 2 aromatic heterocycles. The molecule has 98 valence electrons. The molecule has 0 saturated carbocycles. The standard InChI is InChI=1S/C16H12N2OS/c1-18-7-6-12-8-10(2-4-14(12)18)11-3-5-15-13(9-11)17-16(20)19-15/h2-9H,1H3,(H,17,20). The Hall–Kier alpha value is -2.33. The largest absolute Gasteiger partial charge is 0.429 e. The van der Waals surface area contributed by atoms with Crippen LogP contribution in [0.1, 0.15) is 0 Å². The van der Waals surface area contributed by atoms with Crippen LogP contribution in [0.15, 0.2) is 53.1 Å². The predicted octanol–water partition coefficient (Wildman–Crippen LogP) is 4.65. The molecule has 20 heavy (non-hydrogen) atoms. The molecule has 1 N–H and O–H groups in total. The van der Waals surface area contributed by atoms with Crippen molar-refractivity contribution in [2.24, 2.45) is 7.05 Å². The fourth-order valence-corrected chi connectivity index (χ4v) is 2.79. The molecule has 0 aliphatic rings. The summed E-state index contributed by atoms with van der Waals surface area (Å²) in [6, 6.07) is 14.7. The van der Waals surface area contributed by atoms with E-state index in [0.717, 1.165) is 16.7 Å². The summed E-state index contributed by atoms with van der Waals surface area (Å²) in [6.45, 7) is 0. The van der Waals surface area contributed by atoms with E-state index in [1.165, 1.54) is 16.5 Å². The van der Waals surface area contributed by atoms with Gasteiger partial charge in [0.1, 0.15) is 0 Å². The molecule has 0 unspecified atom stereocenters. The summed E-state index contributed by atoms with van der Waals surface area (Å²) >= 11 is 5.01. The average molecular weight is 280 g/mol. The lowest BCUT2D eigenvalue weighted by Gasteiger charge is -2.03. The van der Waals surface area contributed by atoms with E-state index >= 15 is 0 Å². The van der Waals surface area contributed by atoms with Crippen LogP contribution in [0, 0.1) is 4.84 Å². The number of rotatable bonds is 1. The van der Waals surface area contributed by atoms with Gasteiger partial charge in [0, 0.05) is 24.1 Å². The maximum absolute atomic E-state index is 5.39. The quantitative estimate of drug-likeness (QED) is 0.515. The zero-order valence-corrected chi connectivity index (χ0v) is 11.7. The summed E-state index contributed by atoms with van der Waals surface area (Å²) in [4.78, 5) is 3.47. The third-order valence-corrected chi connectivity index (χ3v) is 3.82. The lowest BCUT2D eigenvalue weighted by atomic mass is 10.0. The summed E-state index contributed by atoms with van der Waals surface area (Å²) in [7, 11) is 2.06. The van der Waals surface area contributed by atoms with Gasteiger partial charge in [-0.3, -0.25) is 0 Å². The van der Waals surface area contributed by atoms with Crippen molar-refractivity contribution in [3.63, 3.8) is 0 Å². The van der Waals surface area contributed by atoms with Gasteiger partial charge in [0.25, 0.3) is 4.84 Å². The van der Waals surface area contributed by atoms with E-state index < -0.39 is 0 Å². The molecule has 4 aromatic rings. The first-order chi connectivity index (χ1) is 9.70. The Labute approximate surface area is 120 Å². The zero-order valence-electron chi connectivity index (χ0n) is 10.9. The van der Waals surface area contributed by atoms with Gasteiger partial charge in [-0.25, -0.2) is 0 Å². The van der Waals surface area contributed by atoms with Crippen LogP contribution in [0.5, 0.6) is 0 Å². The second-order valence-corrected chi connectivity index (χ2v) is 5.30. The molecular weight excluding hydrogens is 268 g/mol. The van der Waals surface area contributed by atoms with Crippen molar-refractivity contribution in [1.82, 2.24) is 9.55 Å². The highest BCUT2D eigenvalue weighted by molar-refractivity contribution is 7.71.